The van der Waals surface area contributed by atoms with E-state index in [4.69, 9.17) is 9.47 Å². The molecule has 2 heterocycles. The highest BCUT2D eigenvalue weighted by molar-refractivity contribution is 7.13. The zero-order chi connectivity index (χ0) is 16.1. The molecule has 1 aliphatic rings. The number of carbonyl (C=O) groups excluding carboxylic acids is 1. The van der Waals surface area contributed by atoms with Crippen molar-refractivity contribution in [2.45, 2.75) is 25.0 Å². The van der Waals surface area contributed by atoms with Gasteiger partial charge in [-0.25, -0.2) is 4.98 Å². The lowest BCUT2D eigenvalue weighted by atomic mass is 10.1. The van der Waals surface area contributed by atoms with Crippen LogP contribution in [0.25, 0.3) is 10.6 Å². The van der Waals surface area contributed by atoms with Crippen LogP contribution in [0.4, 0.5) is 0 Å². The second-order valence-electron chi connectivity index (χ2n) is 5.50. The second-order valence-corrected chi connectivity index (χ2v) is 6.36. The van der Waals surface area contributed by atoms with E-state index in [0.29, 0.717) is 13.2 Å². The van der Waals surface area contributed by atoms with Crippen LogP contribution in [0.3, 0.4) is 0 Å². The number of benzene rings is 1. The maximum atomic E-state index is 12.2. The summed E-state index contributed by atoms with van der Waals surface area (Å²) in [6.45, 7) is 1.17. The Morgan fingerprint density at radius 1 is 1.43 bits per heavy atom. The summed E-state index contributed by atoms with van der Waals surface area (Å²) < 4.78 is 10.8. The molecule has 1 aromatic heterocycles. The molecule has 0 spiro atoms. The Hall–Kier alpha value is -1.76. The SMILES string of the molecule is CO[C@@H]1CCOC[C@H]1NC(=O)Cc1csc(-c2ccccc2)n1. The van der Waals surface area contributed by atoms with Gasteiger partial charge < -0.3 is 14.8 Å². The van der Waals surface area contributed by atoms with Crippen LogP contribution >= 0.6 is 11.3 Å². The number of ether oxygens (including phenoxy) is 2. The van der Waals surface area contributed by atoms with Gasteiger partial charge in [0.1, 0.15) is 5.01 Å². The monoisotopic (exact) mass is 332 g/mol. The van der Waals surface area contributed by atoms with Crippen molar-refractivity contribution in [2.24, 2.45) is 0 Å². The highest BCUT2D eigenvalue weighted by atomic mass is 32.1. The molecule has 0 radical (unpaired) electrons. The molecule has 3 rings (SSSR count). The molecule has 6 heteroatoms. The van der Waals surface area contributed by atoms with Gasteiger partial charge in [-0.3, -0.25) is 4.79 Å². The molecule has 2 aromatic rings. The van der Waals surface area contributed by atoms with Crippen LogP contribution in [-0.4, -0.2) is 43.4 Å². The van der Waals surface area contributed by atoms with Crippen LogP contribution in [0.1, 0.15) is 12.1 Å². The minimum absolute atomic E-state index is 0.0167. The Balaban J connectivity index is 1.59. The van der Waals surface area contributed by atoms with Crippen LogP contribution in [-0.2, 0) is 20.7 Å². The standard InChI is InChI=1S/C17H20N2O3S/c1-21-15-7-8-22-10-14(15)19-16(20)9-13-11-23-17(18-13)12-5-3-2-4-6-12/h2-6,11,14-15H,7-10H2,1H3,(H,19,20)/t14-,15-/m1/s1. The Labute approximate surface area is 139 Å². The van der Waals surface area contributed by atoms with Crippen molar-refractivity contribution in [1.29, 1.82) is 0 Å². The fourth-order valence-corrected chi connectivity index (χ4v) is 3.48. The maximum absolute atomic E-state index is 12.2. The van der Waals surface area contributed by atoms with Gasteiger partial charge in [-0.1, -0.05) is 30.3 Å². The molecule has 0 bridgehead atoms. The van der Waals surface area contributed by atoms with Gasteiger partial charge in [0.05, 0.1) is 30.9 Å². The molecule has 1 aliphatic heterocycles. The Morgan fingerprint density at radius 3 is 3.04 bits per heavy atom. The third-order valence-electron chi connectivity index (χ3n) is 3.86. The summed E-state index contributed by atoms with van der Waals surface area (Å²) in [5.74, 6) is -0.0486. The van der Waals surface area contributed by atoms with E-state index in [9.17, 15) is 4.79 Å². The molecule has 1 fully saturated rings. The number of rotatable bonds is 5. The van der Waals surface area contributed by atoms with Crippen LogP contribution in [0.2, 0.25) is 0 Å². The van der Waals surface area contributed by atoms with Gasteiger partial charge in [-0.05, 0) is 6.42 Å². The molecule has 0 unspecified atom stereocenters. The number of aromatic nitrogens is 1. The first kappa shape index (κ1) is 16.1. The number of hydrogen-bond acceptors (Lipinski definition) is 5. The molecule has 0 saturated carbocycles. The van der Waals surface area contributed by atoms with E-state index in [1.54, 1.807) is 18.4 Å². The minimum atomic E-state index is -0.0894. The van der Waals surface area contributed by atoms with Crippen LogP contribution < -0.4 is 5.32 Å². The highest BCUT2D eigenvalue weighted by Crippen LogP contribution is 2.23. The fourth-order valence-electron chi connectivity index (χ4n) is 2.66. The van der Waals surface area contributed by atoms with Crippen LogP contribution in [0.5, 0.6) is 0 Å². The fraction of sp³-hybridized carbons (Fsp3) is 0.412. The summed E-state index contributed by atoms with van der Waals surface area (Å²) in [4.78, 5) is 16.8. The summed E-state index contributed by atoms with van der Waals surface area (Å²) >= 11 is 1.56. The maximum Gasteiger partial charge on any atom is 0.226 e. The number of hydrogen-bond donors (Lipinski definition) is 1. The van der Waals surface area contributed by atoms with Gasteiger partial charge in [-0.2, -0.15) is 0 Å². The molecule has 122 valence electrons. The summed E-state index contributed by atoms with van der Waals surface area (Å²) in [6, 6.07) is 9.89. The molecular weight excluding hydrogens is 312 g/mol. The van der Waals surface area contributed by atoms with Crippen molar-refractivity contribution in [2.75, 3.05) is 20.3 Å². The predicted octanol–water partition coefficient (Wildman–Crippen LogP) is 2.27. The quantitative estimate of drug-likeness (QED) is 0.912. The average molecular weight is 332 g/mol. The normalized spacial score (nSPS) is 21.1. The molecular formula is C17H20N2O3S. The predicted molar refractivity (Wildman–Crippen MR) is 89.4 cm³/mol. The largest absolute Gasteiger partial charge is 0.379 e. The van der Waals surface area contributed by atoms with E-state index in [-0.39, 0.29) is 24.5 Å². The molecule has 1 amide bonds. The number of carbonyl (C=O) groups is 1. The second kappa shape index (κ2) is 7.68. The highest BCUT2D eigenvalue weighted by Gasteiger charge is 2.27. The summed E-state index contributed by atoms with van der Waals surface area (Å²) in [5.41, 5.74) is 1.86. The molecule has 1 saturated heterocycles. The lowest BCUT2D eigenvalue weighted by molar-refractivity contribution is -0.124. The summed E-state index contributed by atoms with van der Waals surface area (Å²) in [7, 11) is 1.67. The summed E-state index contributed by atoms with van der Waals surface area (Å²) in [6.07, 6.45) is 1.09. The van der Waals surface area contributed by atoms with Crippen molar-refractivity contribution >= 4 is 17.2 Å². The first-order valence-electron chi connectivity index (χ1n) is 7.66. The van der Waals surface area contributed by atoms with Crippen LogP contribution in [0, 0.1) is 0 Å². The van der Waals surface area contributed by atoms with Crippen molar-refractivity contribution in [3.63, 3.8) is 0 Å². The minimum Gasteiger partial charge on any atom is -0.379 e. The lowest BCUT2D eigenvalue weighted by Gasteiger charge is -2.30. The Morgan fingerprint density at radius 2 is 2.26 bits per heavy atom. The molecule has 0 aliphatic carbocycles. The van der Waals surface area contributed by atoms with Crippen molar-refractivity contribution in [3.8, 4) is 10.6 Å². The van der Waals surface area contributed by atoms with E-state index < -0.39 is 0 Å². The Kier molecular flexibility index (Phi) is 5.38. The van der Waals surface area contributed by atoms with E-state index in [1.165, 1.54) is 0 Å². The van der Waals surface area contributed by atoms with Gasteiger partial charge in [0.15, 0.2) is 0 Å². The van der Waals surface area contributed by atoms with E-state index in [1.807, 2.05) is 35.7 Å². The third-order valence-corrected chi connectivity index (χ3v) is 4.80. The average Bonchev–Trinajstić information content (AvgIpc) is 3.04. The van der Waals surface area contributed by atoms with Gasteiger partial charge in [0, 0.05) is 24.7 Å². The van der Waals surface area contributed by atoms with Gasteiger partial charge in [-0.15, -0.1) is 11.3 Å². The number of nitrogens with one attached hydrogen (secondary N) is 1. The first-order chi connectivity index (χ1) is 11.3. The lowest BCUT2D eigenvalue weighted by Crippen LogP contribution is -2.50. The topological polar surface area (TPSA) is 60.5 Å². The van der Waals surface area contributed by atoms with E-state index in [0.717, 1.165) is 22.7 Å². The zero-order valence-corrected chi connectivity index (χ0v) is 13.8. The molecule has 1 N–H and O–H groups in total. The molecule has 2 atom stereocenters. The molecule has 23 heavy (non-hydrogen) atoms. The number of methoxy groups -OCH3 is 1. The smallest absolute Gasteiger partial charge is 0.226 e. The van der Waals surface area contributed by atoms with Crippen LogP contribution in [0.15, 0.2) is 35.7 Å². The van der Waals surface area contributed by atoms with E-state index >= 15 is 0 Å². The summed E-state index contributed by atoms with van der Waals surface area (Å²) in [5, 5.41) is 5.87. The van der Waals surface area contributed by atoms with Gasteiger partial charge in [0.25, 0.3) is 0 Å². The zero-order valence-electron chi connectivity index (χ0n) is 13.0. The Bertz CT molecular complexity index is 644. The molecule has 1 aromatic carbocycles. The van der Waals surface area contributed by atoms with Gasteiger partial charge in [0.2, 0.25) is 5.91 Å². The third kappa shape index (κ3) is 4.16. The first-order valence-corrected chi connectivity index (χ1v) is 8.54. The number of thiazole rings is 1. The van der Waals surface area contributed by atoms with Crippen molar-refractivity contribution in [3.05, 3.63) is 41.4 Å². The molecule has 5 nitrogen and oxygen atoms in total. The number of amides is 1. The number of nitrogens with zero attached hydrogens (tertiary/aromatic N) is 1. The van der Waals surface area contributed by atoms with Gasteiger partial charge >= 0.3 is 0 Å². The van der Waals surface area contributed by atoms with Crippen molar-refractivity contribution in [1.82, 2.24) is 10.3 Å². The van der Waals surface area contributed by atoms with Crippen molar-refractivity contribution < 1.29 is 14.3 Å². The van der Waals surface area contributed by atoms with E-state index in [2.05, 4.69) is 10.3 Å².